The van der Waals surface area contributed by atoms with Crippen LogP contribution in [0.5, 0.6) is 0 Å². The van der Waals surface area contributed by atoms with E-state index in [1.807, 2.05) is 23.8 Å². The predicted octanol–water partition coefficient (Wildman–Crippen LogP) is 4.10. The van der Waals surface area contributed by atoms with E-state index in [1.165, 1.54) is 11.1 Å². The van der Waals surface area contributed by atoms with Gasteiger partial charge in [-0.05, 0) is 71.6 Å². The van der Waals surface area contributed by atoms with Gasteiger partial charge < -0.3 is 4.90 Å². The molecule has 0 radical (unpaired) electrons. The molecule has 9 nitrogen and oxygen atoms in total. The van der Waals surface area contributed by atoms with Gasteiger partial charge in [-0.15, -0.1) is 0 Å². The number of hydrogen-bond acceptors (Lipinski definition) is 8. The first-order chi connectivity index (χ1) is 19.2. The van der Waals surface area contributed by atoms with Crippen molar-refractivity contribution in [2.75, 3.05) is 38.1 Å². The van der Waals surface area contributed by atoms with Gasteiger partial charge >= 0.3 is 0 Å². The first-order valence-corrected chi connectivity index (χ1v) is 14.5. The van der Waals surface area contributed by atoms with Crippen molar-refractivity contribution in [3.63, 3.8) is 0 Å². The van der Waals surface area contributed by atoms with E-state index in [-0.39, 0.29) is 0 Å². The number of hydrogen-bond donors (Lipinski definition) is 0. The Morgan fingerprint density at radius 1 is 0.900 bits per heavy atom. The summed E-state index contributed by atoms with van der Waals surface area (Å²) in [7, 11) is 2.23. The maximum Gasteiger partial charge on any atom is 0.252 e. The molecule has 210 valence electrons. The molecule has 4 aromatic rings. The summed E-state index contributed by atoms with van der Waals surface area (Å²) < 4.78 is 1.88. The van der Waals surface area contributed by atoms with Gasteiger partial charge in [-0.2, -0.15) is 10.1 Å². The van der Waals surface area contributed by atoms with E-state index in [9.17, 15) is 0 Å². The van der Waals surface area contributed by atoms with Crippen molar-refractivity contribution < 1.29 is 0 Å². The summed E-state index contributed by atoms with van der Waals surface area (Å²) >= 11 is 0. The number of nitrogens with zero attached hydrogens (tertiary/aromatic N) is 9. The fourth-order valence-electron chi connectivity index (χ4n) is 6.42. The van der Waals surface area contributed by atoms with Gasteiger partial charge in [0.15, 0.2) is 0 Å². The van der Waals surface area contributed by atoms with Crippen molar-refractivity contribution in [1.29, 1.82) is 0 Å². The first kappa shape index (κ1) is 26.8. The fourth-order valence-corrected chi connectivity index (χ4v) is 6.42. The Bertz CT molecular complexity index is 1470. The Labute approximate surface area is 237 Å². The van der Waals surface area contributed by atoms with Crippen LogP contribution in [0.3, 0.4) is 0 Å². The molecule has 2 fully saturated rings. The van der Waals surface area contributed by atoms with Crippen LogP contribution in [0.25, 0.3) is 17.0 Å². The molecule has 1 aromatic carbocycles. The number of rotatable bonds is 6. The summed E-state index contributed by atoms with van der Waals surface area (Å²) in [6.07, 6.45) is 5.96. The molecule has 0 aliphatic carbocycles. The van der Waals surface area contributed by atoms with Crippen LogP contribution < -0.4 is 4.90 Å². The lowest BCUT2D eigenvalue weighted by molar-refractivity contribution is 0.0556. The number of fused-ring (bicyclic) bond motifs is 1. The molecular formula is C31H41N9. The molecule has 2 saturated heterocycles. The Morgan fingerprint density at radius 3 is 2.35 bits per heavy atom. The Morgan fingerprint density at radius 2 is 1.65 bits per heavy atom. The molecule has 9 heteroatoms. The number of benzene rings is 1. The van der Waals surface area contributed by atoms with Crippen LogP contribution in [0.4, 0.5) is 5.82 Å². The molecule has 3 atom stereocenters. The van der Waals surface area contributed by atoms with Crippen LogP contribution >= 0.6 is 0 Å². The van der Waals surface area contributed by atoms with Crippen molar-refractivity contribution in [1.82, 2.24) is 39.3 Å². The molecule has 2 aliphatic heterocycles. The van der Waals surface area contributed by atoms with E-state index in [2.05, 4.69) is 83.8 Å². The maximum atomic E-state index is 4.81. The van der Waals surface area contributed by atoms with Gasteiger partial charge in [-0.25, -0.2) is 14.5 Å². The third kappa shape index (κ3) is 5.32. The summed E-state index contributed by atoms with van der Waals surface area (Å²) in [6.45, 7) is 15.9. The van der Waals surface area contributed by atoms with Gasteiger partial charge in [0.25, 0.3) is 5.78 Å². The minimum absolute atomic E-state index is 0.543. The molecule has 0 bridgehead atoms. The molecule has 2 aliphatic rings. The van der Waals surface area contributed by atoms with E-state index in [1.54, 1.807) is 0 Å². The molecular weight excluding hydrogens is 498 g/mol. The van der Waals surface area contributed by atoms with Gasteiger partial charge in [0.05, 0.1) is 18.1 Å². The second kappa shape index (κ2) is 10.9. The van der Waals surface area contributed by atoms with Crippen molar-refractivity contribution >= 4 is 11.6 Å². The Hall–Kier alpha value is -3.43. The first-order valence-electron chi connectivity index (χ1n) is 14.5. The third-order valence-corrected chi connectivity index (χ3v) is 8.99. The zero-order valence-corrected chi connectivity index (χ0v) is 24.7. The van der Waals surface area contributed by atoms with Crippen molar-refractivity contribution in [3.8, 4) is 11.3 Å². The summed E-state index contributed by atoms with van der Waals surface area (Å²) in [4.78, 5) is 26.2. The highest BCUT2D eigenvalue weighted by molar-refractivity contribution is 5.59. The number of anilines is 1. The van der Waals surface area contributed by atoms with Crippen molar-refractivity contribution in [3.05, 3.63) is 65.0 Å². The van der Waals surface area contributed by atoms with Crippen LogP contribution in [0, 0.1) is 26.7 Å². The summed E-state index contributed by atoms with van der Waals surface area (Å²) in [5.41, 5.74) is 6.86. The molecule has 0 saturated carbocycles. The van der Waals surface area contributed by atoms with E-state index >= 15 is 0 Å². The average molecular weight is 540 g/mol. The molecule has 0 unspecified atom stereocenters. The van der Waals surface area contributed by atoms with Crippen LogP contribution in [-0.4, -0.2) is 84.7 Å². The number of likely N-dealkylation sites (N-methyl/N-ethyl adjacent to an activating group) is 1. The van der Waals surface area contributed by atoms with E-state index in [0.717, 1.165) is 79.9 Å². The highest BCUT2D eigenvalue weighted by Gasteiger charge is 2.27. The van der Waals surface area contributed by atoms with E-state index in [4.69, 9.17) is 15.0 Å². The van der Waals surface area contributed by atoms with Crippen LogP contribution in [0.1, 0.15) is 48.6 Å². The highest BCUT2D eigenvalue weighted by Crippen LogP contribution is 2.28. The standard InChI is InChI=1S/C31H41N9/c1-20-16-38(17-21(2)37(20)6)18-25-7-9-27(10-8-25)29-14-33-30(15-32-29)39-12-11-26(19-39)13-28-22(3)34-31-35-24(5)36-40(31)23(28)4/h7-10,14-15,20-21,26H,11-13,16-19H2,1-6H3/t20-,21+,26-/m0/s1. The summed E-state index contributed by atoms with van der Waals surface area (Å²) in [5.74, 6) is 2.94. The normalized spacial score (nSPS) is 22.4. The molecule has 0 spiro atoms. The molecule has 0 N–H and O–H groups in total. The lowest BCUT2D eigenvalue weighted by Gasteiger charge is -2.42. The van der Waals surface area contributed by atoms with Gasteiger partial charge in [-0.1, -0.05) is 24.3 Å². The average Bonchev–Trinajstić information content (AvgIpc) is 3.56. The van der Waals surface area contributed by atoms with Crippen molar-refractivity contribution in [2.24, 2.45) is 5.92 Å². The van der Waals surface area contributed by atoms with Crippen LogP contribution in [0.2, 0.25) is 0 Å². The predicted molar refractivity (Wildman–Crippen MR) is 158 cm³/mol. The smallest absolute Gasteiger partial charge is 0.252 e. The summed E-state index contributed by atoms with van der Waals surface area (Å²) in [6, 6.07) is 10.0. The zero-order chi connectivity index (χ0) is 28.0. The minimum Gasteiger partial charge on any atom is -0.355 e. The minimum atomic E-state index is 0.543. The molecule has 6 rings (SSSR count). The Balaban J connectivity index is 1.07. The molecule has 40 heavy (non-hydrogen) atoms. The largest absolute Gasteiger partial charge is 0.355 e. The van der Waals surface area contributed by atoms with Gasteiger partial charge in [0.1, 0.15) is 11.6 Å². The second-order valence-electron chi connectivity index (χ2n) is 12.0. The van der Waals surface area contributed by atoms with E-state index in [0.29, 0.717) is 23.8 Å². The molecule has 0 amide bonds. The highest BCUT2D eigenvalue weighted by atomic mass is 15.3. The van der Waals surface area contributed by atoms with Crippen molar-refractivity contribution in [2.45, 2.75) is 66.1 Å². The lowest BCUT2D eigenvalue weighted by atomic mass is 9.96. The Kier molecular flexibility index (Phi) is 7.27. The van der Waals surface area contributed by atoms with Crippen LogP contribution in [-0.2, 0) is 13.0 Å². The molecule has 5 heterocycles. The van der Waals surface area contributed by atoms with Crippen LogP contribution in [0.15, 0.2) is 36.7 Å². The lowest BCUT2D eigenvalue weighted by Crippen LogP contribution is -2.54. The SMILES string of the molecule is Cc1nc2nc(C)c(C[C@@H]3CCN(c4cnc(-c5ccc(CN6C[C@@H](C)N(C)[C@@H](C)C6)cc5)cn4)C3)c(C)n2n1. The second-order valence-corrected chi connectivity index (χ2v) is 12.0. The number of piperazine rings is 1. The van der Waals surface area contributed by atoms with Gasteiger partial charge in [-0.3, -0.25) is 14.8 Å². The van der Waals surface area contributed by atoms with Gasteiger partial charge in [0, 0.05) is 61.8 Å². The summed E-state index contributed by atoms with van der Waals surface area (Å²) in [5, 5.41) is 4.53. The number of aryl methyl sites for hydroxylation is 3. The fraction of sp³-hybridized carbons (Fsp3) is 0.516. The third-order valence-electron chi connectivity index (χ3n) is 8.99. The van der Waals surface area contributed by atoms with E-state index < -0.39 is 0 Å². The monoisotopic (exact) mass is 539 g/mol. The van der Waals surface area contributed by atoms with Gasteiger partial charge in [0.2, 0.25) is 0 Å². The zero-order valence-electron chi connectivity index (χ0n) is 24.7. The topological polar surface area (TPSA) is 78.6 Å². The molecule has 3 aromatic heterocycles. The maximum absolute atomic E-state index is 4.81. The number of aromatic nitrogens is 6. The quantitative estimate of drug-likeness (QED) is 0.363.